The van der Waals surface area contributed by atoms with Gasteiger partial charge in [0.05, 0.1) is 15.3 Å². The zero-order chi connectivity index (χ0) is 31.1. The molecule has 0 saturated heterocycles. The Morgan fingerprint density at radius 3 is 2.30 bits per heavy atom. The lowest BCUT2D eigenvalue weighted by molar-refractivity contribution is -0.115. The number of carbonyl (C=O) groups excluding carboxylic acids is 3. The van der Waals surface area contributed by atoms with Crippen molar-refractivity contribution in [3.8, 4) is 0 Å². The van der Waals surface area contributed by atoms with Crippen LogP contribution in [-0.2, 0) is 9.59 Å². The molecule has 9 heteroatoms. The van der Waals surface area contributed by atoms with Crippen LogP contribution in [0.15, 0.2) is 126 Å². The van der Waals surface area contributed by atoms with Gasteiger partial charge in [0.25, 0.3) is 11.8 Å². The minimum Gasteiger partial charge on any atom is -0.325 e. The van der Waals surface area contributed by atoms with Gasteiger partial charge >= 0.3 is 0 Å². The molecular weight excluding hydrogens is 613 g/mol. The molecule has 5 aromatic rings. The van der Waals surface area contributed by atoms with E-state index < -0.39 is 17.1 Å². The number of carbonyl (C=O) groups is 3. The molecule has 6 nitrogen and oxygen atoms in total. The molecule has 0 saturated carbocycles. The summed E-state index contributed by atoms with van der Waals surface area (Å²) in [6.07, 6.45) is 1.47. The van der Waals surface area contributed by atoms with Crippen LogP contribution in [-0.4, -0.2) is 23.0 Å². The van der Waals surface area contributed by atoms with Gasteiger partial charge in [0, 0.05) is 27.2 Å². The highest BCUT2D eigenvalue weighted by molar-refractivity contribution is 8.00. The molecule has 5 rings (SSSR count). The first kappa shape index (κ1) is 30.9. The van der Waals surface area contributed by atoms with Crippen LogP contribution >= 0.6 is 35.0 Å². The van der Waals surface area contributed by atoms with Gasteiger partial charge < -0.3 is 16.0 Å². The van der Waals surface area contributed by atoms with Crippen molar-refractivity contribution in [2.45, 2.75) is 17.1 Å². The smallest absolute Gasteiger partial charge is 0.272 e. The minimum absolute atomic E-state index is 0.0242. The van der Waals surface area contributed by atoms with E-state index in [0.717, 1.165) is 21.4 Å². The lowest BCUT2D eigenvalue weighted by Crippen LogP contribution is -2.30. The van der Waals surface area contributed by atoms with Gasteiger partial charge in [-0.3, -0.25) is 14.4 Å². The number of benzene rings is 5. The number of halogens is 2. The molecule has 1 atom stereocenters. The molecule has 1 unspecified atom stereocenters. The lowest BCUT2D eigenvalue weighted by Gasteiger charge is -2.15. The first-order valence-corrected chi connectivity index (χ1v) is 15.3. The van der Waals surface area contributed by atoms with Crippen molar-refractivity contribution < 1.29 is 14.4 Å². The quantitative estimate of drug-likeness (QED) is 0.111. The molecule has 3 N–H and O–H groups in total. The number of anilines is 2. The topological polar surface area (TPSA) is 87.3 Å². The summed E-state index contributed by atoms with van der Waals surface area (Å²) in [4.78, 5) is 40.3. The van der Waals surface area contributed by atoms with Crippen LogP contribution in [0.3, 0.4) is 0 Å². The Kier molecular flexibility index (Phi) is 10.0. The summed E-state index contributed by atoms with van der Waals surface area (Å²) in [5.41, 5.74) is 2.06. The number of nitrogens with one attached hydrogen (secondary N) is 3. The van der Waals surface area contributed by atoms with Gasteiger partial charge in [-0.1, -0.05) is 96.0 Å². The molecule has 0 fully saturated rings. The maximum absolute atomic E-state index is 13.5. The second kappa shape index (κ2) is 14.3. The van der Waals surface area contributed by atoms with E-state index in [4.69, 9.17) is 23.2 Å². The minimum atomic E-state index is -0.561. The Hall–Kier alpha value is -4.56. The number of thioether (sulfide) groups is 1. The second-order valence-corrected chi connectivity index (χ2v) is 12.0. The van der Waals surface area contributed by atoms with Crippen LogP contribution in [0.1, 0.15) is 22.8 Å². The zero-order valence-electron chi connectivity index (χ0n) is 23.5. The van der Waals surface area contributed by atoms with E-state index in [2.05, 4.69) is 16.0 Å². The summed E-state index contributed by atoms with van der Waals surface area (Å²) in [6.45, 7) is 1.82. The maximum Gasteiger partial charge on any atom is 0.272 e. The van der Waals surface area contributed by atoms with Gasteiger partial charge in [0.15, 0.2) is 0 Å². The molecule has 0 aliphatic heterocycles. The van der Waals surface area contributed by atoms with Gasteiger partial charge in [-0.15, -0.1) is 11.8 Å². The van der Waals surface area contributed by atoms with E-state index >= 15 is 0 Å². The fraction of sp³-hybridized carbons (Fsp3) is 0.0571. The zero-order valence-corrected chi connectivity index (χ0v) is 25.8. The molecule has 0 spiro atoms. The van der Waals surface area contributed by atoms with E-state index in [1.165, 1.54) is 17.8 Å². The Morgan fingerprint density at radius 2 is 1.48 bits per heavy atom. The highest BCUT2D eigenvalue weighted by Gasteiger charge is 2.18. The van der Waals surface area contributed by atoms with Crippen molar-refractivity contribution in [3.05, 3.63) is 142 Å². The van der Waals surface area contributed by atoms with Gasteiger partial charge in [0.2, 0.25) is 5.91 Å². The standard InChI is InChI=1S/C35H27Cl2N3O3S/c1-22(33(41)39-30-19-8-13-23-10-5-6-17-28(23)30)44-27-16-9-15-26(21-27)38-35(43)31(20-25-14-7-18-29(36)32(25)37)40-34(42)24-11-3-2-4-12-24/h2-22H,1H3,(H,38,43)(H,39,41)(H,40,42)/b31-20+. The van der Waals surface area contributed by atoms with E-state index in [9.17, 15) is 14.4 Å². The van der Waals surface area contributed by atoms with E-state index in [1.807, 2.05) is 55.5 Å². The first-order valence-electron chi connectivity index (χ1n) is 13.7. The van der Waals surface area contributed by atoms with E-state index in [-0.39, 0.29) is 16.6 Å². The summed E-state index contributed by atoms with van der Waals surface area (Å²) in [6, 6.07) is 34.4. The van der Waals surface area contributed by atoms with Crippen molar-refractivity contribution in [2.75, 3.05) is 10.6 Å². The largest absolute Gasteiger partial charge is 0.325 e. The molecule has 0 aliphatic rings. The predicted octanol–water partition coefficient (Wildman–Crippen LogP) is 8.68. The Bertz CT molecular complexity index is 1870. The normalized spacial score (nSPS) is 11.9. The monoisotopic (exact) mass is 639 g/mol. The van der Waals surface area contributed by atoms with E-state index in [1.54, 1.807) is 66.7 Å². The van der Waals surface area contributed by atoms with Crippen molar-refractivity contribution in [3.63, 3.8) is 0 Å². The lowest BCUT2D eigenvalue weighted by atomic mass is 10.1. The molecule has 0 bridgehead atoms. The SMILES string of the molecule is CC(Sc1cccc(NC(=O)/C(=C\c2cccc(Cl)c2Cl)NC(=O)c2ccccc2)c1)C(=O)Nc1cccc2ccccc12. The average molecular weight is 641 g/mol. The Morgan fingerprint density at radius 1 is 0.773 bits per heavy atom. The van der Waals surface area contributed by atoms with E-state index in [0.29, 0.717) is 21.8 Å². The third-order valence-corrected chi connectivity index (χ3v) is 8.56. The fourth-order valence-corrected chi connectivity index (χ4v) is 5.69. The van der Waals surface area contributed by atoms with Crippen LogP contribution in [0.4, 0.5) is 11.4 Å². The number of hydrogen-bond acceptors (Lipinski definition) is 4. The first-order chi connectivity index (χ1) is 21.3. The molecule has 0 radical (unpaired) electrons. The highest BCUT2D eigenvalue weighted by atomic mass is 35.5. The molecule has 0 aromatic heterocycles. The van der Waals surface area contributed by atoms with Crippen molar-refractivity contribution in [1.29, 1.82) is 0 Å². The van der Waals surface area contributed by atoms with Crippen molar-refractivity contribution in [1.82, 2.24) is 5.32 Å². The number of rotatable bonds is 9. The summed E-state index contributed by atoms with van der Waals surface area (Å²) in [5.74, 6) is -1.16. The van der Waals surface area contributed by atoms with Gasteiger partial charge in [-0.25, -0.2) is 0 Å². The van der Waals surface area contributed by atoms with Gasteiger partial charge in [-0.2, -0.15) is 0 Å². The van der Waals surface area contributed by atoms with Crippen LogP contribution < -0.4 is 16.0 Å². The Labute approximate surface area is 269 Å². The van der Waals surface area contributed by atoms with Gasteiger partial charge in [-0.05, 0) is 66.4 Å². The van der Waals surface area contributed by atoms with Crippen molar-refractivity contribution in [2.24, 2.45) is 0 Å². The van der Waals surface area contributed by atoms with Crippen LogP contribution in [0.25, 0.3) is 16.8 Å². The van der Waals surface area contributed by atoms with Crippen molar-refractivity contribution >= 4 is 80.9 Å². The third kappa shape index (κ3) is 7.68. The summed E-state index contributed by atoms with van der Waals surface area (Å²) >= 11 is 13.9. The number of amides is 3. The molecular formula is C35H27Cl2N3O3S. The molecule has 0 aliphatic carbocycles. The number of fused-ring (bicyclic) bond motifs is 1. The molecule has 44 heavy (non-hydrogen) atoms. The number of hydrogen-bond donors (Lipinski definition) is 3. The second-order valence-electron chi connectivity index (χ2n) is 9.78. The van der Waals surface area contributed by atoms with Gasteiger partial charge in [0.1, 0.15) is 5.70 Å². The highest BCUT2D eigenvalue weighted by Crippen LogP contribution is 2.30. The third-order valence-electron chi connectivity index (χ3n) is 6.63. The summed E-state index contributed by atoms with van der Waals surface area (Å²) in [5, 5.41) is 10.7. The Balaban J connectivity index is 1.31. The van der Waals surface area contributed by atoms with Crippen LogP contribution in [0, 0.1) is 0 Å². The van der Waals surface area contributed by atoms with Crippen LogP contribution in [0.5, 0.6) is 0 Å². The average Bonchev–Trinajstić information content (AvgIpc) is 3.03. The molecule has 220 valence electrons. The molecule has 0 heterocycles. The predicted molar refractivity (Wildman–Crippen MR) is 181 cm³/mol. The molecule has 5 aromatic carbocycles. The summed E-state index contributed by atoms with van der Waals surface area (Å²) < 4.78 is 0. The summed E-state index contributed by atoms with van der Waals surface area (Å²) in [7, 11) is 0. The fourth-order valence-electron chi connectivity index (χ4n) is 4.40. The maximum atomic E-state index is 13.5. The molecule has 3 amide bonds. The van der Waals surface area contributed by atoms with Crippen LogP contribution in [0.2, 0.25) is 10.0 Å².